The molecule has 0 radical (unpaired) electrons. The van der Waals surface area contributed by atoms with Gasteiger partial charge < -0.3 is 4.42 Å². The highest BCUT2D eigenvalue weighted by Gasteiger charge is 2.08. The molecule has 1 heterocycles. The highest BCUT2D eigenvalue weighted by atomic mass is 32.2. The van der Waals surface area contributed by atoms with Crippen LogP contribution in [0.15, 0.2) is 22.1 Å². The molecule has 5 heteroatoms. The molecule has 0 aliphatic rings. The Balaban J connectivity index is 3.20. The predicted molar refractivity (Wildman–Crippen MR) is 29.6 cm³/mol. The van der Waals surface area contributed by atoms with Crippen LogP contribution in [-0.4, -0.2) is 19.7 Å². The molecule has 1 rings (SSSR count). The summed E-state index contributed by atoms with van der Waals surface area (Å²) in [4.78, 5) is 3.43. The van der Waals surface area contributed by atoms with E-state index in [2.05, 4.69) is 9.40 Å². The fourth-order valence-corrected chi connectivity index (χ4v) is 0.849. The molecule has 1 aromatic heterocycles. The second-order valence-corrected chi connectivity index (χ2v) is 3.56. The number of hydrogen-bond acceptors (Lipinski definition) is 4. The molecule has 50 valence electrons. The third kappa shape index (κ3) is 1.29. The summed E-state index contributed by atoms with van der Waals surface area (Å²) in [6, 6.07) is 0. The van der Waals surface area contributed by atoms with Gasteiger partial charge in [0.25, 0.3) is 0 Å². The van der Waals surface area contributed by atoms with Crippen LogP contribution in [0.1, 0.15) is 0 Å². The van der Waals surface area contributed by atoms with E-state index >= 15 is 0 Å². The Kier molecular flexibility index (Phi) is 1.28. The van der Waals surface area contributed by atoms with E-state index in [1.807, 2.05) is 0 Å². The maximum absolute atomic E-state index is 10.6. The van der Waals surface area contributed by atoms with E-state index in [0.29, 0.717) is 0 Å². The third-order valence-electron chi connectivity index (χ3n) is 0.790. The van der Waals surface area contributed by atoms with Crippen LogP contribution < -0.4 is 0 Å². The number of sulfone groups is 1. The Labute approximate surface area is 52.4 Å². The summed E-state index contributed by atoms with van der Waals surface area (Å²) in [5, 5.41) is -0.0255. The Morgan fingerprint density at radius 2 is 2.33 bits per heavy atom. The lowest BCUT2D eigenvalue weighted by Crippen LogP contribution is -1.95. The minimum Gasteiger partial charge on any atom is -0.450 e. The van der Waals surface area contributed by atoms with E-state index in [0.717, 1.165) is 18.9 Å². The van der Waals surface area contributed by atoms with Gasteiger partial charge in [-0.1, -0.05) is 0 Å². The first-order valence-electron chi connectivity index (χ1n) is 2.19. The number of oxazole rings is 1. The first-order chi connectivity index (χ1) is 4.11. The van der Waals surface area contributed by atoms with E-state index in [4.69, 9.17) is 0 Å². The second-order valence-electron chi connectivity index (χ2n) is 1.60. The summed E-state index contributed by atoms with van der Waals surface area (Å²) in [7, 11) is -3.16. The standard InChI is InChI=1S/C4H5NO3S/c1-9(6,7)4-2-8-3-5-4/h2-3H,1H3. The normalized spacial score (nSPS) is 11.7. The maximum Gasteiger partial charge on any atom is 0.196 e. The molecule has 0 saturated carbocycles. The summed E-state index contributed by atoms with van der Waals surface area (Å²) >= 11 is 0. The largest absolute Gasteiger partial charge is 0.450 e. The molecular formula is C4H5NO3S. The van der Waals surface area contributed by atoms with E-state index in [1.54, 1.807) is 0 Å². The average molecular weight is 147 g/mol. The van der Waals surface area contributed by atoms with Crippen molar-refractivity contribution in [3.05, 3.63) is 12.7 Å². The number of nitrogens with zero attached hydrogens (tertiary/aromatic N) is 1. The van der Waals surface area contributed by atoms with Crippen molar-refractivity contribution in [3.8, 4) is 0 Å². The van der Waals surface area contributed by atoms with Crippen LogP contribution in [-0.2, 0) is 9.84 Å². The summed E-state index contributed by atoms with van der Waals surface area (Å²) in [5.41, 5.74) is 0. The molecule has 0 unspecified atom stereocenters. The van der Waals surface area contributed by atoms with Crippen LogP contribution in [0.25, 0.3) is 0 Å². The quantitative estimate of drug-likeness (QED) is 0.564. The van der Waals surface area contributed by atoms with E-state index in [9.17, 15) is 8.42 Å². The summed E-state index contributed by atoms with van der Waals surface area (Å²) in [6.07, 6.45) is 3.25. The molecule has 0 spiro atoms. The maximum atomic E-state index is 10.6. The monoisotopic (exact) mass is 147 g/mol. The smallest absolute Gasteiger partial charge is 0.196 e. The van der Waals surface area contributed by atoms with Crippen molar-refractivity contribution in [1.82, 2.24) is 4.98 Å². The van der Waals surface area contributed by atoms with Crippen molar-refractivity contribution in [2.75, 3.05) is 6.26 Å². The van der Waals surface area contributed by atoms with Gasteiger partial charge in [-0.2, -0.15) is 0 Å². The van der Waals surface area contributed by atoms with Gasteiger partial charge >= 0.3 is 0 Å². The van der Waals surface area contributed by atoms with Crippen molar-refractivity contribution in [3.63, 3.8) is 0 Å². The Morgan fingerprint density at radius 1 is 1.67 bits per heavy atom. The zero-order valence-corrected chi connectivity index (χ0v) is 5.55. The van der Waals surface area contributed by atoms with E-state index in [1.165, 1.54) is 0 Å². The van der Waals surface area contributed by atoms with E-state index in [-0.39, 0.29) is 5.03 Å². The highest BCUT2D eigenvalue weighted by molar-refractivity contribution is 7.90. The molecule has 0 aliphatic heterocycles. The molecular weight excluding hydrogens is 142 g/mol. The Morgan fingerprint density at radius 3 is 2.56 bits per heavy atom. The lowest BCUT2D eigenvalue weighted by atomic mass is 11.0. The molecule has 1 aromatic rings. The number of hydrogen-bond donors (Lipinski definition) is 0. The van der Waals surface area contributed by atoms with Crippen LogP contribution in [0.2, 0.25) is 0 Å². The van der Waals surface area contributed by atoms with Crippen LogP contribution in [0.4, 0.5) is 0 Å². The van der Waals surface area contributed by atoms with Gasteiger partial charge in [-0.25, -0.2) is 13.4 Å². The zero-order chi connectivity index (χ0) is 6.91. The van der Waals surface area contributed by atoms with E-state index < -0.39 is 9.84 Å². The van der Waals surface area contributed by atoms with Crippen molar-refractivity contribution in [1.29, 1.82) is 0 Å². The molecule has 0 N–H and O–H groups in total. The molecule has 0 bridgehead atoms. The van der Waals surface area contributed by atoms with Crippen LogP contribution in [0.5, 0.6) is 0 Å². The van der Waals surface area contributed by atoms with Gasteiger partial charge in [-0.3, -0.25) is 0 Å². The number of rotatable bonds is 1. The van der Waals surface area contributed by atoms with Crippen molar-refractivity contribution in [2.45, 2.75) is 5.03 Å². The number of aromatic nitrogens is 1. The summed E-state index contributed by atoms with van der Waals surface area (Å²) in [5.74, 6) is 0. The van der Waals surface area contributed by atoms with Gasteiger partial charge in [0.05, 0.1) is 0 Å². The van der Waals surface area contributed by atoms with Gasteiger partial charge in [0.2, 0.25) is 0 Å². The first-order valence-corrected chi connectivity index (χ1v) is 4.08. The first kappa shape index (κ1) is 6.28. The summed E-state index contributed by atoms with van der Waals surface area (Å²) < 4.78 is 25.6. The fourth-order valence-electron chi connectivity index (χ4n) is 0.385. The minimum absolute atomic E-state index is 0.0255. The Hall–Kier alpha value is -0.840. The van der Waals surface area contributed by atoms with Gasteiger partial charge in [0, 0.05) is 6.26 Å². The molecule has 4 nitrogen and oxygen atoms in total. The molecule has 0 aromatic carbocycles. The molecule has 9 heavy (non-hydrogen) atoms. The second kappa shape index (κ2) is 1.84. The average Bonchev–Trinajstić information content (AvgIpc) is 2.08. The minimum atomic E-state index is -3.16. The lowest BCUT2D eigenvalue weighted by molar-refractivity contribution is 0.553. The van der Waals surface area contributed by atoms with Crippen LogP contribution in [0.3, 0.4) is 0 Å². The van der Waals surface area contributed by atoms with Crippen molar-refractivity contribution in [2.24, 2.45) is 0 Å². The molecule has 0 atom stereocenters. The third-order valence-corrected chi connectivity index (χ3v) is 1.75. The SMILES string of the molecule is CS(=O)(=O)c1cocn1. The van der Waals surface area contributed by atoms with Gasteiger partial charge in [0.15, 0.2) is 21.3 Å². The molecule has 0 amide bonds. The zero-order valence-electron chi connectivity index (χ0n) is 4.73. The lowest BCUT2D eigenvalue weighted by Gasteiger charge is -1.83. The molecule has 0 saturated heterocycles. The van der Waals surface area contributed by atoms with Crippen molar-refractivity contribution >= 4 is 9.84 Å². The fraction of sp³-hybridized carbons (Fsp3) is 0.250. The van der Waals surface area contributed by atoms with Gasteiger partial charge in [0.1, 0.15) is 6.26 Å². The van der Waals surface area contributed by atoms with Crippen LogP contribution in [0, 0.1) is 0 Å². The van der Waals surface area contributed by atoms with Gasteiger partial charge in [-0.15, -0.1) is 0 Å². The van der Waals surface area contributed by atoms with Gasteiger partial charge in [-0.05, 0) is 0 Å². The molecule has 0 aliphatic carbocycles. The molecule has 0 fully saturated rings. The van der Waals surface area contributed by atoms with Crippen molar-refractivity contribution < 1.29 is 12.8 Å². The summed E-state index contributed by atoms with van der Waals surface area (Å²) in [6.45, 7) is 0. The Bertz CT molecular complexity index is 273. The topological polar surface area (TPSA) is 60.2 Å². The predicted octanol–water partition coefficient (Wildman–Crippen LogP) is 0.0781. The highest BCUT2D eigenvalue weighted by Crippen LogP contribution is 2.01. The van der Waals surface area contributed by atoms with Crippen LogP contribution >= 0.6 is 0 Å².